The van der Waals surface area contributed by atoms with Crippen LogP contribution in [-0.4, -0.2) is 58.1 Å². The van der Waals surface area contributed by atoms with E-state index < -0.39 is 0 Å². The van der Waals surface area contributed by atoms with E-state index in [1.807, 2.05) is 4.90 Å². The number of amides is 1. The highest BCUT2D eigenvalue weighted by atomic mass is 16.5. The highest BCUT2D eigenvalue weighted by Gasteiger charge is 2.26. The molecule has 1 aromatic heterocycles. The van der Waals surface area contributed by atoms with Crippen LogP contribution in [-0.2, 0) is 11.3 Å². The maximum absolute atomic E-state index is 12.5. The van der Waals surface area contributed by atoms with Crippen LogP contribution in [0.25, 0.3) is 0 Å². The van der Waals surface area contributed by atoms with Crippen LogP contribution in [0.1, 0.15) is 50.0 Å². The molecular formula is C16H29N5O2. The lowest BCUT2D eigenvalue weighted by molar-refractivity contribution is -0.0262. The second-order valence-corrected chi connectivity index (χ2v) is 6.58. The van der Waals surface area contributed by atoms with Gasteiger partial charge in [0.05, 0.1) is 18.9 Å². The van der Waals surface area contributed by atoms with Crippen molar-refractivity contribution in [1.29, 1.82) is 0 Å². The lowest BCUT2D eigenvalue weighted by Gasteiger charge is -2.32. The van der Waals surface area contributed by atoms with E-state index in [1.165, 1.54) is 6.42 Å². The normalized spacial score (nSPS) is 18.6. The fraction of sp³-hybridized carbons (Fsp3) is 0.812. The number of carbonyl (C=O) groups is 1. The molecule has 0 unspecified atom stereocenters. The third-order valence-electron chi connectivity index (χ3n) is 4.08. The zero-order valence-corrected chi connectivity index (χ0v) is 14.3. The number of morpholine rings is 1. The molecule has 1 amide bonds. The lowest BCUT2D eigenvalue weighted by Crippen LogP contribution is -2.45. The predicted octanol–water partition coefficient (Wildman–Crippen LogP) is 1.29. The first-order valence-corrected chi connectivity index (χ1v) is 8.61. The molecule has 130 valence electrons. The van der Waals surface area contributed by atoms with Crippen LogP contribution in [0.4, 0.5) is 0 Å². The molecule has 7 heteroatoms. The third-order valence-corrected chi connectivity index (χ3v) is 4.08. The molecule has 23 heavy (non-hydrogen) atoms. The smallest absolute Gasteiger partial charge is 0.276 e. The Labute approximate surface area is 138 Å². The molecule has 0 saturated carbocycles. The summed E-state index contributed by atoms with van der Waals surface area (Å²) in [5.74, 6) is 0.654. The molecule has 0 spiro atoms. The lowest BCUT2D eigenvalue weighted by atomic mass is 10.0. The van der Waals surface area contributed by atoms with Gasteiger partial charge >= 0.3 is 0 Å². The number of nitrogens with two attached hydrogens (primary N) is 1. The molecule has 1 saturated heterocycles. The van der Waals surface area contributed by atoms with Gasteiger partial charge in [-0.15, -0.1) is 5.10 Å². The van der Waals surface area contributed by atoms with Crippen molar-refractivity contribution in [2.24, 2.45) is 11.7 Å². The van der Waals surface area contributed by atoms with Gasteiger partial charge < -0.3 is 15.4 Å². The van der Waals surface area contributed by atoms with Crippen molar-refractivity contribution in [3.05, 3.63) is 11.9 Å². The monoisotopic (exact) mass is 323 g/mol. The average Bonchev–Trinajstić information content (AvgIpc) is 3.01. The quantitative estimate of drug-likeness (QED) is 0.779. The molecule has 0 radical (unpaired) electrons. The van der Waals surface area contributed by atoms with Crippen LogP contribution in [0.3, 0.4) is 0 Å². The molecule has 2 rings (SSSR count). The molecule has 1 aromatic rings. The van der Waals surface area contributed by atoms with Crippen molar-refractivity contribution in [3.63, 3.8) is 0 Å². The van der Waals surface area contributed by atoms with Crippen molar-refractivity contribution in [2.75, 3.05) is 26.2 Å². The predicted molar refractivity (Wildman–Crippen MR) is 88.0 cm³/mol. The molecule has 1 atom stereocenters. The van der Waals surface area contributed by atoms with E-state index in [4.69, 9.17) is 10.5 Å². The summed E-state index contributed by atoms with van der Waals surface area (Å²) in [5.41, 5.74) is 5.89. The van der Waals surface area contributed by atoms with Gasteiger partial charge in [0.25, 0.3) is 5.91 Å². The molecule has 1 aliphatic heterocycles. The Bertz CT molecular complexity index is 489. The zero-order valence-electron chi connectivity index (χ0n) is 14.3. The number of ether oxygens (including phenoxy) is 1. The van der Waals surface area contributed by atoms with Gasteiger partial charge in [0, 0.05) is 19.6 Å². The molecule has 2 N–H and O–H groups in total. The number of nitrogens with zero attached hydrogens (tertiary/aromatic N) is 4. The largest absolute Gasteiger partial charge is 0.375 e. The van der Waals surface area contributed by atoms with Gasteiger partial charge in [-0.25, -0.2) is 0 Å². The van der Waals surface area contributed by atoms with Crippen molar-refractivity contribution < 1.29 is 9.53 Å². The maximum atomic E-state index is 12.5. The number of hydrogen-bond acceptors (Lipinski definition) is 5. The van der Waals surface area contributed by atoms with Gasteiger partial charge in [0.1, 0.15) is 0 Å². The van der Waals surface area contributed by atoms with E-state index in [9.17, 15) is 4.79 Å². The van der Waals surface area contributed by atoms with Crippen LogP contribution in [0.15, 0.2) is 6.20 Å². The number of aryl methyl sites for hydroxylation is 1. The van der Waals surface area contributed by atoms with Gasteiger partial charge in [0.15, 0.2) is 5.69 Å². The highest BCUT2D eigenvalue weighted by molar-refractivity contribution is 5.92. The summed E-state index contributed by atoms with van der Waals surface area (Å²) >= 11 is 0. The number of rotatable bonds is 8. The van der Waals surface area contributed by atoms with E-state index in [2.05, 4.69) is 24.2 Å². The summed E-state index contributed by atoms with van der Waals surface area (Å²) < 4.78 is 7.47. The SMILES string of the molecule is CC(C)CCC[C@H]1CN(C(=O)c2cn(CCCN)nn2)CCO1. The first-order chi connectivity index (χ1) is 11.1. The van der Waals surface area contributed by atoms with Crippen LogP contribution in [0, 0.1) is 5.92 Å². The van der Waals surface area contributed by atoms with Gasteiger partial charge in [-0.1, -0.05) is 31.9 Å². The third kappa shape index (κ3) is 5.58. The van der Waals surface area contributed by atoms with E-state index in [-0.39, 0.29) is 12.0 Å². The Balaban J connectivity index is 1.84. The van der Waals surface area contributed by atoms with Crippen molar-refractivity contribution in [1.82, 2.24) is 19.9 Å². The summed E-state index contributed by atoms with van der Waals surface area (Å²) in [6.45, 7) is 7.61. The molecule has 1 aliphatic rings. The minimum atomic E-state index is -0.0545. The fourth-order valence-corrected chi connectivity index (χ4v) is 2.75. The van der Waals surface area contributed by atoms with Gasteiger partial charge in [-0.05, 0) is 25.3 Å². The summed E-state index contributed by atoms with van der Waals surface area (Å²) in [4.78, 5) is 14.4. The highest BCUT2D eigenvalue weighted by Crippen LogP contribution is 2.16. The van der Waals surface area contributed by atoms with Crippen LogP contribution in [0.5, 0.6) is 0 Å². The van der Waals surface area contributed by atoms with Crippen LogP contribution < -0.4 is 5.73 Å². The van der Waals surface area contributed by atoms with Gasteiger partial charge in [-0.3, -0.25) is 9.48 Å². The summed E-state index contributed by atoms with van der Waals surface area (Å²) in [6, 6.07) is 0. The maximum Gasteiger partial charge on any atom is 0.276 e. The Morgan fingerprint density at radius 1 is 1.48 bits per heavy atom. The number of hydrogen-bond donors (Lipinski definition) is 1. The van der Waals surface area contributed by atoms with E-state index >= 15 is 0 Å². The Kier molecular flexibility index (Phi) is 6.98. The fourth-order valence-electron chi connectivity index (χ4n) is 2.75. The summed E-state index contributed by atoms with van der Waals surface area (Å²) in [7, 11) is 0. The first kappa shape index (κ1) is 17.9. The Morgan fingerprint density at radius 2 is 2.30 bits per heavy atom. The summed E-state index contributed by atoms with van der Waals surface area (Å²) in [5, 5.41) is 7.98. The first-order valence-electron chi connectivity index (χ1n) is 8.61. The molecule has 0 bridgehead atoms. The van der Waals surface area contributed by atoms with Crippen molar-refractivity contribution in [2.45, 2.75) is 52.2 Å². The van der Waals surface area contributed by atoms with Crippen LogP contribution in [0.2, 0.25) is 0 Å². The second-order valence-electron chi connectivity index (χ2n) is 6.58. The minimum absolute atomic E-state index is 0.0545. The standard InChI is InChI=1S/C16H29N5O2/c1-13(2)5-3-6-14-11-20(9-10-23-14)16(22)15-12-21(19-18-15)8-4-7-17/h12-14H,3-11,17H2,1-2H3/t14-/m0/s1. The number of aromatic nitrogens is 3. The van der Waals surface area contributed by atoms with E-state index in [0.717, 1.165) is 19.3 Å². The van der Waals surface area contributed by atoms with Gasteiger partial charge in [-0.2, -0.15) is 0 Å². The van der Waals surface area contributed by atoms with E-state index in [0.29, 0.717) is 44.4 Å². The minimum Gasteiger partial charge on any atom is -0.375 e. The molecule has 2 heterocycles. The Hall–Kier alpha value is -1.47. The second kappa shape index (κ2) is 8.98. The molecule has 1 fully saturated rings. The molecule has 0 aliphatic carbocycles. The van der Waals surface area contributed by atoms with Gasteiger partial charge in [0.2, 0.25) is 0 Å². The average molecular weight is 323 g/mol. The molecule has 0 aromatic carbocycles. The number of carbonyl (C=O) groups excluding carboxylic acids is 1. The Morgan fingerprint density at radius 3 is 3.04 bits per heavy atom. The molecular weight excluding hydrogens is 294 g/mol. The van der Waals surface area contributed by atoms with Crippen LogP contribution >= 0.6 is 0 Å². The zero-order chi connectivity index (χ0) is 16.7. The van der Waals surface area contributed by atoms with Crippen molar-refractivity contribution >= 4 is 5.91 Å². The van der Waals surface area contributed by atoms with E-state index in [1.54, 1.807) is 10.9 Å². The van der Waals surface area contributed by atoms with Crippen molar-refractivity contribution in [3.8, 4) is 0 Å². The topological polar surface area (TPSA) is 86.3 Å². The summed E-state index contributed by atoms with van der Waals surface area (Å²) in [6.07, 6.45) is 6.01. The molecule has 7 nitrogen and oxygen atoms in total.